The lowest BCUT2D eigenvalue weighted by atomic mass is 10.1. The molecule has 0 bridgehead atoms. The highest BCUT2D eigenvalue weighted by atomic mass is 32.2. The van der Waals surface area contributed by atoms with Crippen molar-refractivity contribution in [1.82, 2.24) is 14.8 Å². The number of carbonyl (C=O) groups excluding carboxylic acids is 1. The van der Waals surface area contributed by atoms with E-state index in [1.54, 1.807) is 12.1 Å². The molecule has 1 saturated heterocycles. The highest BCUT2D eigenvalue weighted by Gasteiger charge is 2.34. The second-order valence-electron chi connectivity index (χ2n) is 6.46. The van der Waals surface area contributed by atoms with Gasteiger partial charge in [-0.2, -0.15) is 0 Å². The van der Waals surface area contributed by atoms with Crippen LogP contribution in [0.3, 0.4) is 0 Å². The van der Waals surface area contributed by atoms with Crippen LogP contribution in [0, 0.1) is 5.82 Å². The van der Waals surface area contributed by atoms with Gasteiger partial charge in [0.25, 0.3) is 0 Å². The monoisotopic (exact) mass is 383 g/mol. The molecule has 0 spiro atoms. The zero-order chi connectivity index (χ0) is 18.8. The average molecular weight is 383 g/mol. The summed E-state index contributed by atoms with van der Waals surface area (Å²) in [5.41, 5.74) is 1.85. The molecule has 1 aliphatic rings. The Balaban J connectivity index is 1.70. The van der Waals surface area contributed by atoms with Crippen molar-refractivity contribution < 1.29 is 13.9 Å². The van der Waals surface area contributed by atoms with Crippen molar-refractivity contribution >= 4 is 17.7 Å². The molecule has 7 heteroatoms. The van der Waals surface area contributed by atoms with E-state index in [0.29, 0.717) is 18.0 Å². The quantitative estimate of drug-likeness (QED) is 0.628. The SMILES string of the molecule is CC1CC(Sc2nnc(Cc3ccccc3)n2-c2ccc(F)cc2)C(=O)O1. The van der Waals surface area contributed by atoms with E-state index in [0.717, 1.165) is 17.1 Å². The van der Waals surface area contributed by atoms with E-state index in [9.17, 15) is 9.18 Å². The third-order valence-corrected chi connectivity index (χ3v) is 5.51. The minimum Gasteiger partial charge on any atom is -0.462 e. The molecule has 1 aromatic heterocycles. The fourth-order valence-electron chi connectivity index (χ4n) is 3.06. The first kappa shape index (κ1) is 17.7. The Labute approximate surface area is 160 Å². The molecule has 0 radical (unpaired) electrons. The largest absolute Gasteiger partial charge is 0.462 e. The summed E-state index contributed by atoms with van der Waals surface area (Å²) in [7, 11) is 0. The lowest BCUT2D eigenvalue weighted by Gasteiger charge is -2.11. The minimum absolute atomic E-state index is 0.0963. The summed E-state index contributed by atoms with van der Waals surface area (Å²) in [4.78, 5) is 12.0. The first-order valence-corrected chi connectivity index (χ1v) is 9.59. The Hall–Kier alpha value is -2.67. The molecular formula is C20H18FN3O2S. The minimum atomic E-state index is -0.312. The number of halogens is 1. The maximum Gasteiger partial charge on any atom is 0.319 e. The van der Waals surface area contributed by atoms with Gasteiger partial charge < -0.3 is 4.74 Å². The van der Waals surface area contributed by atoms with E-state index in [4.69, 9.17) is 4.74 Å². The number of esters is 1. The maximum absolute atomic E-state index is 13.4. The third kappa shape index (κ3) is 3.88. The van der Waals surface area contributed by atoms with E-state index < -0.39 is 0 Å². The Morgan fingerprint density at radius 3 is 2.56 bits per heavy atom. The standard InChI is InChI=1S/C20H18FN3O2S/c1-13-11-17(19(25)26-13)27-20-23-22-18(12-14-5-3-2-4-6-14)24(20)16-9-7-15(21)8-10-16/h2-10,13,17H,11-12H2,1H3. The van der Waals surface area contributed by atoms with E-state index in [1.807, 2.05) is 41.8 Å². The number of aromatic nitrogens is 3. The van der Waals surface area contributed by atoms with E-state index in [1.165, 1.54) is 23.9 Å². The molecule has 0 amide bonds. The summed E-state index contributed by atoms with van der Waals surface area (Å²) in [6.07, 6.45) is 1.12. The van der Waals surface area contributed by atoms with Crippen molar-refractivity contribution in [3.05, 3.63) is 71.8 Å². The number of thioether (sulfide) groups is 1. The maximum atomic E-state index is 13.4. The molecule has 4 rings (SSSR count). The average Bonchev–Trinajstić information content (AvgIpc) is 3.19. The van der Waals surface area contributed by atoms with Gasteiger partial charge in [-0.1, -0.05) is 42.1 Å². The first-order chi connectivity index (χ1) is 13.1. The number of hydrogen-bond donors (Lipinski definition) is 0. The summed E-state index contributed by atoms with van der Waals surface area (Å²) >= 11 is 1.34. The molecule has 27 heavy (non-hydrogen) atoms. The van der Waals surface area contributed by atoms with Crippen molar-refractivity contribution in [2.45, 2.75) is 36.3 Å². The van der Waals surface area contributed by atoms with Crippen molar-refractivity contribution in [2.75, 3.05) is 0 Å². The van der Waals surface area contributed by atoms with Gasteiger partial charge in [-0.15, -0.1) is 10.2 Å². The number of ether oxygens (including phenoxy) is 1. The fraction of sp³-hybridized carbons (Fsp3) is 0.250. The number of rotatable bonds is 5. The van der Waals surface area contributed by atoms with Crippen LogP contribution >= 0.6 is 11.8 Å². The zero-order valence-electron chi connectivity index (χ0n) is 14.7. The number of nitrogens with zero attached hydrogens (tertiary/aromatic N) is 3. The Morgan fingerprint density at radius 2 is 1.89 bits per heavy atom. The van der Waals surface area contributed by atoms with Crippen molar-refractivity contribution in [2.24, 2.45) is 0 Å². The van der Waals surface area contributed by atoms with Crippen molar-refractivity contribution in [3.63, 3.8) is 0 Å². The second-order valence-corrected chi connectivity index (χ2v) is 7.63. The molecule has 1 fully saturated rings. The number of cyclic esters (lactones) is 1. The summed E-state index contributed by atoms with van der Waals surface area (Å²) in [6, 6.07) is 16.1. The predicted molar refractivity (Wildman–Crippen MR) is 100 cm³/mol. The van der Waals surface area contributed by atoms with Gasteiger partial charge in [0.15, 0.2) is 5.16 Å². The summed E-state index contributed by atoms with van der Waals surface area (Å²) in [6.45, 7) is 1.88. The molecular weight excluding hydrogens is 365 g/mol. The van der Waals surface area contributed by atoms with Crippen LogP contribution in [-0.2, 0) is 16.0 Å². The van der Waals surface area contributed by atoms with Crippen LogP contribution in [0.2, 0.25) is 0 Å². The lowest BCUT2D eigenvalue weighted by Crippen LogP contribution is -2.11. The van der Waals surface area contributed by atoms with Gasteiger partial charge in [-0.05, 0) is 36.8 Å². The highest BCUT2D eigenvalue weighted by Crippen LogP contribution is 2.33. The Kier molecular flexibility index (Phi) is 4.94. The van der Waals surface area contributed by atoms with Crippen LogP contribution in [-0.4, -0.2) is 32.1 Å². The number of carbonyl (C=O) groups is 1. The molecule has 2 atom stereocenters. The van der Waals surface area contributed by atoms with Crippen LogP contribution in [0.15, 0.2) is 59.8 Å². The first-order valence-electron chi connectivity index (χ1n) is 8.71. The molecule has 138 valence electrons. The van der Waals surface area contributed by atoms with Gasteiger partial charge >= 0.3 is 5.97 Å². The molecule has 1 aliphatic heterocycles. The van der Waals surface area contributed by atoms with Crippen LogP contribution in [0.1, 0.15) is 24.7 Å². The molecule has 0 saturated carbocycles. The summed E-state index contributed by atoms with van der Waals surface area (Å²) in [5, 5.41) is 8.94. The van der Waals surface area contributed by atoms with Gasteiger partial charge in [0.05, 0.1) is 0 Å². The van der Waals surface area contributed by atoms with Gasteiger partial charge in [0, 0.05) is 18.5 Å². The van der Waals surface area contributed by atoms with Crippen molar-refractivity contribution in [3.8, 4) is 5.69 Å². The molecule has 2 heterocycles. The van der Waals surface area contributed by atoms with E-state index in [-0.39, 0.29) is 23.1 Å². The van der Waals surface area contributed by atoms with Gasteiger partial charge in [-0.25, -0.2) is 4.39 Å². The third-order valence-electron chi connectivity index (χ3n) is 4.36. The second kappa shape index (κ2) is 7.52. The van der Waals surface area contributed by atoms with Crippen LogP contribution in [0.25, 0.3) is 5.69 Å². The normalized spacial score (nSPS) is 19.3. The highest BCUT2D eigenvalue weighted by molar-refractivity contribution is 8.00. The summed E-state index contributed by atoms with van der Waals surface area (Å²) < 4.78 is 20.5. The van der Waals surface area contributed by atoms with Crippen LogP contribution in [0.4, 0.5) is 4.39 Å². The van der Waals surface area contributed by atoms with Gasteiger partial charge in [0.2, 0.25) is 0 Å². The van der Waals surface area contributed by atoms with E-state index >= 15 is 0 Å². The number of hydrogen-bond acceptors (Lipinski definition) is 5. The molecule has 2 aromatic carbocycles. The predicted octanol–water partition coefficient (Wildman–Crippen LogP) is 3.79. The van der Waals surface area contributed by atoms with Gasteiger partial charge in [-0.3, -0.25) is 9.36 Å². The smallest absolute Gasteiger partial charge is 0.319 e. The van der Waals surface area contributed by atoms with E-state index in [2.05, 4.69) is 10.2 Å². The number of benzene rings is 2. The Morgan fingerprint density at radius 1 is 1.15 bits per heavy atom. The lowest BCUT2D eigenvalue weighted by molar-refractivity contribution is -0.140. The molecule has 3 aromatic rings. The van der Waals surface area contributed by atoms with Crippen molar-refractivity contribution in [1.29, 1.82) is 0 Å². The molecule has 2 unspecified atom stereocenters. The molecule has 5 nitrogen and oxygen atoms in total. The summed E-state index contributed by atoms with van der Waals surface area (Å²) in [5.74, 6) is 0.194. The molecule has 0 aliphatic carbocycles. The van der Waals surface area contributed by atoms with Gasteiger partial charge in [0.1, 0.15) is 23.0 Å². The molecule has 0 N–H and O–H groups in total. The topological polar surface area (TPSA) is 57.0 Å². The Bertz CT molecular complexity index is 944. The van der Waals surface area contributed by atoms with Crippen LogP contribution in [0.5, 0.6) is 0 Å². The van der Waals surface area contributed by atoms with Crippen LogP contribution < -0.4 is 0 Å². The zero-order valence-corrected chi connectivity index (χ0v) is 15.5. The fourth-order valence-corrected chi connectivity index (χ4v) is 4.24.